The van der Waals surface area contributed by atoms with Crippen molar-refractivity contribution in [1.29, 1.82) is 0 Å². The number of methoxy groups -OCH3 is 1. The van der Waals surface area contributed by atoms with Gasteiger partial charge in [0.05, 0.1) is 24.8 Å². The van der Waals surface area contributed by atoms with Crippen molar-refractivity contribution in [3.05, 3.63) is 34.3 Å². The zero-order valence-electron chi connectivity index (χ0n) is 11.8. The maximum Gasteiger partial charge on any atom is 0.252 e. The third kappa shape index (κ3) is 6.24. The Kier molecular flexibility index (Phi) is 7.96. The molecule has 1 aromatic carbocycles. The van der Waals surface area contributed by atoms with Crippen LogP contribution in [0.4, 0.5) is 0 Å². The summed E-state index contributed by atoms with van der Waals surface area (Å²) in [6.45, 7) is 0.133. The fourth-order valence-electron chi connectivity index (χ4n) is 1.73. The summed E-state index contributed by atoms with van der Waals surface area (Å²) in [6.07, 6.45) is 0.401. The predicted molar refractivity (Wildman–Crippen MR) is 82.0 cm³/mol. The van der Waals surface area contributed by atoms with Gasteiger partial charge < -0.3 is 20.5 Å². The summed E-state index contributed by atoms with van der Waals surface area (Å²) >= 11 is 3.28. The number of benzene rings is 1. The minimum absolute atomic E-state index is 0.0440. The number of halogens is 1. The Bertz CT molecular complexity index is 476. The lowest BCUT2D eigenvalue weighted by Gasteiger charge is -2.17. The fourth-order valence-corrected chi connectivity index (χ4v) is 2.20. The maximum absolute atomic E-state index is 11.9. The van der Waals surface area contributed by atoms with E-state index in [1.807, 2.05) is 0 Å². The summed E-state index contributed by atoms with van der Waals surface area (Å²) in [7, 11) is 1.52. The van der Waals surface area contributed by atoms with Gasteiger partial charge in [-0.1, -0.05) is 12.1 Å². The van der Waals surface area contributed by atoms with E-state index < -0.39 is 0 Å². The molecule has 3 N–H and O–H groups in total. The highest BCUT2D eigenvalue weighted by molar-refractivity contribution is 9.10. The monoisotopic (exact) mass is 358 g/mol. The molecule has 0 heterocycles. The van der Waals surface area contributed by atoms with Crippen LogP contribution in [0.1, 0.15) is 16.8 Å². The molecule has 0 saturated carbocycles. The quantitative estimate of drug-likeness (QED) is 0.638. The van der Waals surface area contributed by atoms with E-state index >= 15 is 0 Å². The SMILES string of the molecule is COCC(CCO)NC(=O)CNC(=O)c1ccccc1Br. The van der Waals surface area contributed by atoms with Gasteiger partial charge in [0.25, 0.3) is 5.91 Å². The van der Waals surface area contributed by atoms with E-state index in [1.54, 1.807) is 24.3 Å². The van der Waals surface area contributed by atoms with E-state index in [0.29, 0.717) is 23.1 Å². The molecule has 0 aliphatic carbocycles. The highest BCUT2D eigenvalue weighted by Crippen LogP contribution is 2.15. The lowest BCUT2D eigenvalue weighted by Crippen LogP contribution is -2.44. The molecule has 6 nitrogen and oxygen atoms in total. The zero-order valence-corrected chi connectivity index (χ0v) is 13.4. The largest absolute Gasteiger partial charge is 0.396 e. The van der Waals surface area contributed by atoms with Crippen molar-refractivity contribution in [3.63, 3.8) is 0 Å². The number of hydrogen-bond donors (Lipinski definition) is 3. The molecule has 1 unspecified atom stereocenters. The van der Waals surface area contributed by atoms with Crippen molar-refractivity contribution in [2.24, 2.45) is 0 Å². The second-order valence-corrected chi connectivity index (χ2v) is 5.25. The Balaban J connectivity index is 2.45. The van der Waals surface area contributed by atoms with Crippen molar-refractivity contribution >= 4 is 27.7 Å². The van der Waals surface area contributed by atoms with Crippen LogP contribution in [0, 0.1) is 0 Å². The van der Waals surface area contributed by atoms with Gasteiger partial charge >= 0.3 is 0 Å². The third-order valence-electron chi connectivity index (χ3n) is 2.74. The Morgan fingerprint density at radius 2 is 2.10 bits per heavy atom. The number of hydrogen-bond acceptors (Lipinski definition) is 4. The molecule has 1 atom stereocenters. The Morgan fingerprint density at radius 3 is 2.71 bits per heavy atom. The molecular weight excluding hydrogens is 340 g/mol. The number of rotatable bonds is 8. The molecule has 0 aromatic heterocycles. The van der Waals surface area contributed by atoms with Crippen LogP contribution in [0.2, 0.25) is 0 Å². The van der Waals surface area contributed by atoms with Crippen LogP contribution in [-0.2, 0) is 9.53 Å². The summed E-state index contributed by atoms with van der Waals surface area (Å²) in [5.41, 5.74) is 0.467. The number of aliphatic hydroxyl groups is 1. The summed E-state index contributed by atoms with van der Waals surface area (Å²) < 4.78 is 5.62. The topological polar surface area (TPSA) is 87.7 Å². The molecule has 0 aliphatic rings. The molecular formula is C14H19BrN2O4. The Morgan fingerprint density at radius 1 is 1.38 bits per heavy atom. The summed E-state index contributed by atoms with van der Waals surface area (Å²) in [5.74, 6) is -0.658. The van der Waals surface area contributed by atoms with E-state index in [9.17, 15) is 9.59 Å². The van der Waals surface area contributed by atoms with E-state index in [-0.39, 0.29) is 31.0 Å². The number of carbonyl (C=O) groups excluding carboxylic acids is 2. The number of carbonyl (C=O) groups is 2. The molecule has 116 valence electrons. The standard InChI is InChI=1S/C14H19BrN2O4/c1-21-9-10(6-7-18)17-13(19)8-16-14(20)11-4-2-3-5-12(11)15/h2-5,10,18H,6-9H2,1H3,(H,16,20)(H,17,19). The second-order valence-electron chi connectivity index (χ2n) is 4.39. The van der Waals surface area contributed by atoms with Gasteiger partial charge in [-0.15, -0.1) is 0 Å². The van der Waals surface area contributed by atoms with Crippen LogP contribution in [0.5, 0.6) is 0 Å². The average molecular weight is 359 g/mol. The molecule has 0 spiro atoms. The van der Waals surface area contributed by atoms with E-state index in [2.05, 4.69) is 26.6 Å². The normalized spacial score (nSPS) is 11.8. The molecule has 21 heavy (non-hydrogen) atoms. The van der Waals surface area contributed by atoms with Crippen LogP contribution in [0.25, 0.3) is 0 Å². The smallest absolute Gasteiger partial charge is 0.252 e. The van der Waals surface area contributed by atoms with Gasteiger partial charge in [-0.3, -0.25) is 9.59 Å². The van der Waals surface area contributed by atoms with E-state index in [4.69, 9.17) is 9.84 Å². The maximum atomic E-state index is 11.9. The number of aliphatic hydroxyl groups excluding tert-OH is 1. The summed E-state index contributed by atoms with van der Waals surface area (Å²) in [6, 6.07) is 6.70. The lowest BCUT2D eigenvalue weighted by atomic mass is 10.2. The average Bonchev–Trinajstić information content (AvgIpc) is 2.46. The van der Waals surface area contributed by atoms with Crippen molar-refractivity contribution in [3.8, 4) is 0 Å². The molecule has 0 saturated heterocycles. The third-order valence-corrected chi connectivity index (χ3v) is 3.43. The van der Waals surface area contributed by atoms with E-state index in [1.165, 1.54) is 7.11 Å². The molecule has 1 aromatic rings. The minimum atomic E-state index is -0.330. The van der Waals surface area contributed by atoms with Gasteiger partial charge in [-0.25, -0.2) is 0 Å². The fraction of sp³-hybridized carbons (Fsp3) is 0.429. The van der Waals surface area contributed by atoms with Crippen molar-refractivity contribution < 1.29 is 19.4 Å². The van der Waals surface area contributed by atoms with Gasteiger partial charge in [0.2, 0.25) is 5.91 Å². The van der Waals surface area contributed by atoms with Gasteiger partial charge in [0, 0.05) is 18.2 Å². The van der Waals surface area contributed by atoms with Gasteiger partial charge in [-0.2, -0.15) is 0 Å². The van der Waals surface area contributed by atoms with Crippen LogP contribution < -0.4 is 10.6 Å². The van der Waals surface area contributed by atoms with Crippen LogP contribution in [0.3, 0.4) is 0 Å². The first kappa shape index (κ1) is 17.6. The number of amides is 2. The first-order valence-corrected chi connectivity index (χ1v) is 7.29. The molecule has 0 bridgehead atoms. The minimum Gasteiger partial charge on any atom is -0.396 e. The highest BCUT2D eigenvalue weighted by Gasteiger charge is 2.14. The van der Waals surface area contributed by atoms with E-state index in [0.717, 1.165) is 0 Å². The van der Waals surface area contributed by atoms with Gasteiger partial charge in [0.1, 0.15) is 0 Å². The molecule has 0 aliphatic heterocycles. The van der Waals surface area contributed by atoms with Crippen molar-refractivity contribution in [2.45, 2.75) is 12.5 Å². The highest BCUT2D eigenvalue weighted by atomic mass is 79.9. The molecule has 1 rings (SSSR count). The van der Waals surface area contributed by atoms with Crippen LogP contribution in [0.15, 0.2) is 28.7 Å². The number of nitrogens with one attached hydrogen (secondary N) is 2. The van der Waals surface area contributed by atoms with Crippen LogP contribution in [-0.4, -0.2) is 49.8 Å². The molecule has 0 radical (unpaired) electrons. The molecule has 7 heteroatoms. The Hall–Kier alpha value is -1.44. The van der Waals surface area contributed by atoms with Crippen molar-refractivity contribution in [1.82, 2.24) is 10.6 Å². The van der Waals surface area contributed by atoms with Crippen molar-refractivity contribution in [2.75, 3.05) is 26.9 Å². The second kappa shape index (κ2) is 9.49. The first-order valence-electron chi connectivity index (χ1n) is 6.50. The lowest BCUT2D eigenvalue weighted by molar-refractivity contribution is -0.121. The summed E-state index contributed by atoms with van der Waals surface area (Å²) in [5, 5.41) is 14.1. The van der Waals surface area contributed by atoms with Gasteiger partial charge in [0.15, 0.2) is 0 Å². The zero-order chi connectivity index (χ0) is 15.7. The predicted octanol–water partition coefficient (Wildman–Crippen LogP) is 0.693. The molecule has 0 fully saturated rings. The first-order chi connectivity index (χ1) is 10.1. The Labute approximate surface area is 132 Å². The summed E-state index contributed by atoms with van der Waals surface area (Å²) in [4.78, 5) is 23.7. The van der Waals surface area contributed by atoms with Crippen LogP contribution >= 0.6 is 15.9 Å². The van der Waals surface area contributed by atoms with Gasteiger partial charge in [-0.05, 0) is 34.5 Å². The number of ether oxygens (including phenoxy) is 1. The molecule has 2 amide bonds.